The summed E-state index contributed by atoms with van der Waals surface area (Å²) in [6.45, 7) is 9.55. The Morgan fingerprint density at radius 1 is 0.906 bits per heavy atom. The van der Waals surface area contributed by atoms with Gasteiger partial charge in [0.05, 0.1) is 10.9 Å². The van der Waals surface area contributed by atoms with Crippen molar-refractivity contribution in [3.8, 4) is 0 Å². The van der Waals surface area contributed by atoms with E-state index in [1.165, 1.54) is 11.6 Å². The molecule has 0 fully saturated rings. The van der Waals surface area contributed by atoms with Crippen LogP contribution in [0, 0.1) is 20.8 Å². The number of aryl methyl sites for hydroxylation is 4. The lowest BCUT2D eigenvalue weighted by Gasteiger charge is -2.16. The largest absolute Gasteiger partial charge is 0.346 e. The molecule has 3 rings (SSSR count). The van der Waals surface area contributed by atoms with Gasteiger partial charge in [-0.15, -0.1) is 0 Å². The SMILES string of the molecule is CCc1ccc(C(C)NC(=O)c2ccc(C)c(S(=O)(=O)Nc3cc(C)cc(C)c3)c2)cc1. The molecule has 0 aliphatic carbocycles. The molecule has 0 saturated carbocycles. The van der Waals surface area contributed by atoms with Crippen LogP contribution in [0.3, 0.4) is 0 Å². The summed E-state index contributed by atoms with van der Waals surface area (Å²) in [5.41, 5.74) is 5.53. The molecule has 6 heteroatoms. The molecule has 0 aliphatic rings. The zero-order valence-electron chi connectivity index (χ0n) is 19.2. The van der Waals surface area contributed by atoms with E-state index in [0.717, 1.165) is 23.1 Å². The van der Waals surface area contributed by atoms with Crippen molar-refractivity contribution >= 4 is 21.6 Å². The minimum absolute atomic E-state index is 0.0873. The highest BCUT2D eigenvalue weighted by atomic mass is 32.2. The highest BCUT2D eigenvalue weighted by Gasteiger charge is 2.20. The molecule has 0 spiro atoms. The van der Waals surface area contributed by atoms with Gasteiger partial charge in [0.1, 0.15) is 0 Å². The fourth-order valence-corrected chi connectivity index (χ4v) is 4.99. The molecule has 0 aliphatic heterocycles. The number of carbonyl (C=O) groups excluding carboxylic acids is 1. The van der Waals surface area contributed by atoms with Crippen molar-refractivity contribution in [2.45, 2.75) is 52.0 Å². The Hall–Kier alpha value is -3.12. The van der Waals surface area contributed by atoms with Gasteiger partial charge in [0.25, 0.3) is 15.9 Å². The number of rotatable bonds is 7. The number of nitrogens with one attached hydrogen (secondary N) is 2. The summed E-state index contributed by atoms with van der Waals surface area (Å²) < 4.78 is 28.8. The third-order valence-electron chi connectivity index (χ3n) is 5.45. The third-order valence-corrected chi connectivity index (χ3v) is 6.97. The van der Waals surface area contributed by atoms with Gasteiger partial charge in [-0.2, -0.15) is 0 Å². The summed E-state index contributed by atoms with van der Waals surface area (Å²) >= 11 is 0. The molecule has 32 heavy (non-hydrogen) atoms. The Morgan fingerprint density at radius 3 is 2.12 bits per heavy atom. The molecule has 0 radical (unpaired) electrons. The second-order valence-electron chi connectivity index (χ2n) is 8.25. The van der Waals surface area contributed by atoms with Crippen LogP contribution in [-0.2, 0) is 16.4 Å². The Bertz CT molecular complexity index is 1210. The van der Waals surface area contributed by atoms with Gasteiger partial charge in [-0.1, -0.05) is 43.3 Å². The minimum Gasteiger partial charge on any atom is -0.346 e. The molecular formula is C26H30N2O3S. The lowest BCUT2D eigenvalue weighted by Crippen LogP contribution is -2.27. The maximum absolute atomic E-state index is 13.1. The molecule has 1 amide bonds. The standard InChI is InChI=1S/C26H30N2O3S/c1-6-21-8-11-22(12-9-21)20(5)27-26(29)23-10-7-19(4)25(16-23)32(30,31)28-24-14-17(2)13-18(3)15-24/h7-16,20,28H,6H2,1-5H3,(H,27,29). The second kappa shape index (κ2) is 9.57. The van der Waals surface area contributed by atoms with E-state index in [0.29, 0.717) is 16.8 Å². The smallest absolute Gasteiger partial charge is 0.262 e. The summed E-state index contributed by atoms with van der Waals surface area (Å²) in [6, 6.07) is 18.2. The van der Waals surface area contributed by atoms with Crippen molar-refractivity contribution in [1.29, 1.82) is 0 Å². The number of hydrogen-bond acceptors (Lipinski definition) is 3. The molecule has 0 heterocycles. The van der Waals surface area contributed by atoms with E-state index in [4.69, 9.17) is 0 Å². The molecule has 5 nitrogen and oxygen atoms in total. The normalized spacial score (nSPS) is 12.3. The van der Waals surface area contributed by atoms with E-state index in [1.54, 1.807) is 31.2 Å². The second-order valence-corrected chi connectivity index (χ2v) is 9.90. The van der Waals surface area contributed by atoms with E-state index < -0.39 is 10.0 Å². The van der Waals surface area contributed by atoms with E-state index in [9.17, 15) is 13.2 Å². The Balaban J connectivity index is 1.82. The van der Waals surface area contributed by atoms with Crippen LogP contribution in [0.2, 0.25) is 0 Å². The van der Waals surface area contributed by atoms with Crippen LogP contribution >= 0.6 is 0 Å². The van der Waals surface area contributed by atoms with Crippen molar-refractivity contribution in [2.75, 3.05) is 4.72 Å². The average molecular weight is 451 g/mol. The molecule has 0 saturated heterocycles. The highest BCUT2D eigenvalue weighted by Crippen LogP contribution is 2.23. The van der Waals surface area contributed by atoms with Gasteiger partial charge < -0.3 is 5.32 Å². The van der Waals surface area contributed by atoms with Gasteiger partial charge in [-0.3, -0.25) is 9.52 Å². The van der Waals surface area contributed by atoms with Gasteiger partial charge >= 0.3 is 0 Å². The first-order valence-electron chi connectivity index (χ1n) is 10.7. The molecule has 3 aromatic rings. The predicted octanol–water partition coefficient (Wildman–Crippen LogP) is 5.47. The Morgan fingerprint density at radius 2 is 1.53 bits per heavy atom. The number of hydrogen-bond donors (Lipinski definition) is 2. The van der Waals surface area contributed by atoms with Gasteiger partial charge in [0.2, 0.25) is 0 Å². The molecule has 0 aromatic heterocycles. The van der Waals surface area contributed by atoms with Crippen LogP contribution in [0.4, 0.5) is 5.69 Å². The fourth-order valence-electron chi connectivity index (χ4n) is 3.68. The molecule has 1 unspecified atom stereocenters. The molecule has 0 bridgehead atoms. The van der Waals surface area contributed by atoms with Gasteiger partial charge in [0.15, 0.2) is 0 Å². The van der Waals surface area contributed by atoms with Crippen LogP contribution in [-0.4, -0.2) is 14.3 Å². The molecule has 2 N–H and O–H groups in total. The quantitative estimate of drug-likeness (QED) is 0.501. The number of amides is 1. The van der Waals surface area contributed by atoms with Crippen LogP contribution in [0.25, 0.3) is 0 Å². The van der Waals surface area contributed by atoms with E-state index in [1.807, 2.05) is 51.1 Å². The first-order chi connectivity index (χ1) is 15.1. The van der Waals surface area contributed by atoms with Crippen molar-refractivity contribution in [3.63, 3.8) is 0 Å². The number of carbonyl (C=O) groups is 1. The number of anilines is 1. The summed E-state index contributed by atoms with van der Waals surface area (Å²) in [7, 11) is -3.85. The monoisotopic (exact) mass is 450 g/mol. The third kappa shape index (κ3) is 5.56. The van der Waals surface area contributed by atoms with Crippen molar-refractivity contribution in [2.24, 2.45) is 0 Å². The summed E-state index contributed by atoms with van der Waals surface area (Å²) in [5, 5.41) is 2.96. The maximum Gasteiger partial charge on any atom is 0.262 e. The summed E-state index contributed by atoms with van der Waals surface area (Å²) in [5.74, 6) is -0.320. The van der Waals surface area contributed by atoms with Crippen LogP contribution < -0.4 is 10.0 Å². The zero-order valence-corrected chi connectivity index (χ0v) is 20.0. The van der Waals surface area contributed by atoms with Gasteiger partial charge in [-0.05, 0) is 86.2 Å². The molecular weight excluding hydrogens is 420 g/mol. The molecule has 3 aromatic carbocycles. The molecule has 1 atom stereocenters. The van der Waals surface area contributed by atoms with E-state index in [-0.39, 0.29) is 16.8 Å². The van der Waals surface area contributed by atoms with Gasteiger partial charge in [-0.25, -0.2) is 8.42 Å². The Labute approximate surface area is 190 Å². The average Bonchev–Trinajstić information content (AvgIpc) is 2.72. The first-order valence-corrected chi connectivity index (χ1v) is 12.2. The van der Waals surface area contributed by atoms with E-state index >= 15 is 0 Å². The minimum atomic E-state index is -3.85. The topological polar surface area (TPSA) is 75.3 Å². The van der Waals surface area contributed by atoms with Crippen LogP contribution in [0.15, 0.2) is 65.6 Å². The lowest BCUT2D eigenvalue weighted by molar-refractivity contribution is 0.0939. The summed E-state index contributed by atoms with van der Waals surface area (Å²) in [4.78, 5) is 13.0. The highest BCUT2D eigenvalue weighted by molar-refractivity contribution is 7.92. The molecule has 168 valence electrons. The van der Waals surface area contributed by atoms with Crippen molar-refractivity contribution in [1.82, 2.24) is 5.32 Å². The maximum atomic E-state index is 13.1. The van der Waals surface area contributed by atoms with Crippen molar-refractivity contribution in [3.05, 3.63) is 94.0 Å². The first kappa shape index (κ1) is 23.5. The van der Waals surface area contributed by atoms with E-state index in [2.05, 4.69) is 17.0 Å². The number of sulfonamides is 1. The number of benzene rings is 3. The Kier molecular flexibility index (Phi) is 7.04. The van der Waals surface area contributed by atoms with Crippen LogP contribution in [0.1, 0.15) is 58.1 Å². The fraction of sp³-hybridized carbons (Fsp3) is 0.269. The predicted molar refractivity (Wildman–Crippen MR) is 130 cm³/mol. The van der Waals surface area contributed by atoms with Crippen LogP contribution in [0.5, 0.6) is 0 Å². The van der Waals surface area contributed by atoms with Gasteiger partial charge in [0, 0.05) is 11.3 Å². The summed E-state index contributed by atoms with van der Waals surface area (Å²) in [6.07, 6.45) is 0.956. The lowest BCUT2D eigenvalue weighted by atomic mass is 10.0. The van der Waals surface area contributed by atoms with Crippen molar-refractivity contribution < 1.29 is 13.2 Å². The zero-order chi connectivity index (χ0) is 23.5.